The zero-order valence-electron chi connectivity index (χ0n) is 5.19. The molecule has 0 aromatic rings. The molecule has 0 amide bonds. The topological polar surface area (TPSA) is 83.6 Å². The summed E-state index contributed by atoms with van der Waals surface area (Å²) in [5, 5.41) is 17.3. The summed E-state index contributed by atoms with van der Waals surface area (Å²) < 4.78 is 0. The lowest BCUT2D eigenvalue weighted by Crippen LogP contribution is -2.44. The second kappa shape index (κ2) is 3.55. The minimum absolute atomic E-state index is 0.303. The summed E-state index contributed by atoms with van der Waals surface area (Å²) >= 11 is 0. The van der Waals surface area contributed by atoms with E-state index < -0.39 is 18.2 Å². The van der Waals surface area contributed by atoms with E-state index in [9.17, 15) is 4.79 Å². The highest BCUT2D eigenvalue weighted by Crippen LogP contribution is 1.92. The number of aliphatic hydroxyl groups excluding tert-OH is 2. The quantitative estimate of drug-likeness (QED) is 0.399. The van der Waals surface area contributed by atoms with E-state index in [-0.39, 0.29) is 0 Å². The average molecular weight is 133 g/mol. The Hall–Kier alpha value is -0.450. The number of rotatable bonds is 3. The molecule has 0 aromatic heterocycles. The fraction of sp³-hybridized carbons (Fsp3) is 0.800. The molecule has 0 unspecified atom stereocenters. The molecule has 0 aliphatic carbocycles. The molecule has 0 saturated heterocycles. The van der Waals surface area contributed by atoms with Crippen LogP contribution < -0.4 is 5.73 Å². The van der Waals surface area contributed by atoms with Crippen LogP contribution >= 0.6 is 0 Å². The predicted octanol–water partition coefficient (Wildman–Crippen LogP) is -1.75. The normalized spacial score (nSPS) is 20.4. The van der Waals surface area contributed by atoms with E-state index in [0.29, 0.717) is 6.29 Å². The van der Waals surface area contributed by atoms with Gasteiger partial charge in [-0.1, -0.05) is 0 Å². The molecule has 0 spiro atoms. The number of hydrogen-bond donors (Lipinski definition) is 3. The van der Waals surface area contributed by atoms with Gasteiger partial charge in [-0.2, -0.15) is 0 Å². The van der Waals surface area contributed by atoms with Crippen molar-refractivity contribution < 1.29 is 15.0 Å². The molecular weight excluding hydrogens is 122 g/mol. The first-order valence-corrected chi connectivity index (χ1v) is 2.66. The van der Waals surface area contributed by atoms with Crippen molar-refractivity contribution in [3.8, 4) is 0 Å². The number of aldehydes is 1. The Kier molecular flexibility index (Phi) is 3.37. The molecule has 0 aliphatic heterocycles. The van der Waals surface area contributed by atoms with Crippen LogP contribution in [0.3, 0.4) is 0 Å². The Morgan fingerprint density at radius 3 is 2.11 bits per heavy atom. The minimum Gasteiger partial charge on any atom is -0.392 e. The molecule has 0 fully saturated rings. The number of hydrogen-bond acceptors (Lipinski definition) is 4. The van der Waals surface area contributed by atoms with Crippen molar-refractivity contribution in [3.63, 3.8) is 0 Å². The summed E-state index contributed by atoms with van der Waals surface area (Å²) in [5.41, 5.74) is 5.14. The van der Waals surface area contributed by atoms with Gasteiger partial charge in [-0.25, -0.2) is 0 Å². The van der Waals surface area contributed by atoms with E-state index in [1.807, 2.05) is 0 Å². The van der Waals surface area contributed by atoms with Crippen molar-refractivity contribution in [2.45, 2.75) is 25.2 Å². The first-order chi connectivity index (χ1) is 4.09. The van der Waals surface area contributed by atoms with E-state index in [4.69, 9.17) is 15.9 Å². The summed E-state index contributed by atoms with van der Waals surface area (Å²) in [6, 6.07) is -0.873. The van der Waals surface area contributed by atoms with Gasteiger partial charge < -0.3 is 20.7 Å². The molecule has 0 saturated carbocycles. The van der Waals surface area contributed by atoms with Gasteiger partial charge >= 0.3 is 0 Å². The van der Waals surface area contributed by atoms with Gasteiger partial charge in [0.1, 0.15) is 12.4 Å². The molecule has 9 heavy (non-hydrogen) atoms. The zero-order valence-corrected chi connectivity index (χ0v) is 5.19. The van der Waals surface area contributed by atoms with Crippen LogP contribution in [0, 0.1) is 0 Å². The zero-order chi connectivity index (χ0) is 7.44. The first kappa shape index (κ1) is 8.55. The van der Waals surface area contributed by atoms with Crippen LogP contribution in [0.2, 0.25) is 0 Å². The van der Waals surface area contributed by atoms with Crippen molar-refractivity contribution in [2.24, 2.45) is 5.73 Å². The van der Waals surface area contributed by atoms with Gasteiger partial charge in [0.05, 0.1) is 12.1 Å². The molecule has 54 valence electrons. The van der Waals surface area contributed by atoms with Crippen LogP contribution in [0.1, 0.15) is 6.92 Å². The predicted molar refractivity (Wildman–Crippen MR) is 31.7 cm³/mol. The molecule has 0 rings (SSSR count). The minimum atomic E-state index is -1.26. The SMILES string of the molecule is C[C@@H](O)[C@@H](N)[C@@H](O)C=O. The van der Waals surface area contributed by atoms with E-state index in [0.717, 1.165) is 0 Å². The Morgan fingerprint density at radius 1 is 1.56 bits per heavy atom. The lowest BCUT2D eigenvalue weighted by molar-refractivity contribution is -0.117. The van der Waals surface area contributed by atoms with Gasteiger partial charge in [-0.3, -0.25) is 0 Å². The molecule has 4 N–H and O–H groups in total. The fourth-order valence-corrected chi connectivity index (χ4v) is 0.376. The van der Waals surface area contributed by atoms with Crippen LogP contribution in [-0.4, -0.2) is 34.7 Å². The van der Waals surface area contributed by atoms with E-state index >= 15 is 0 Å². The van der Waals surface area contributed by atoms with Gasteiger partial charge in [0.15, 0.2) is 0 Å². The van der Waals surface area contributed by atoms with Crippen LogP contribution in [-0.2, 0) is 4.79 Å². The van der Waals surface area contributed by atoms with Crippen LogP contribution in [0.15, 0.2) is 0 Å². The molecule has 3 atom stereocenters. The van der Waals surface area contributed by atoms with E-state index in [2.05, 4.69) is 0 Å². The summed E-state index contributed by atoms with van der Waals surface area (Å²) in [6.45, 7) is 1.41. The van der Waals surface area contributed by atoms with Crippen LogP contribution in [0.25, 0.3) is 0 Å². The highest BCUT2D eigenvalue weighted by molar-refractivity contribution is 5.56. The molecule has 0 heterocycles. The monoisotopic (exact) mass is 133 g/mol. The Labute approximate surface area is 53.3 Å². The number of nitrogens with two attached hydrogens (primary N) is 1. The maximum atomic E-state index is 9.81. The average Bonchev–Trinajstić information content (AvgIpc) is 1.84. The summed E-state index contributed by atoms with van der Waals surface area (Å²) in [7, 11) is 0. The number of aliphatic hydroxyl groups is 2. The second-order valence-corrected chi connectivity index (χ2v) is 1.94. The molecule has 0 bridgehead atoms. The largest absolute Gasteiger partial charge is 0.392 e. The highest BCUT2D eigenvalue weighted by Gasteiger charge is 2.17. The smallest absolute Gasteiger partial charge is 0.150 e. The maximum Gasteiger partial charge on any atom is 0.150 e. The summed E-state index contributed by atoms with van der Waals surface area (Å²) in [6.07, 6.45) is -1.81. The molecule has 4 heteroatoms. The van der Waals surface area contributed by atoms with Gasteiger partial charge in [0.2, 0.25) is 0 Å². The van der Waals surface area contributed by atoms with Crippen LogP contribution in [0.5, 0.6) is 0 Å². The first-order valence-electron chi connectivity index (χ1n) is 2.66. The standard InChI is InChI=1S/C5H11NO3/c1-3(8)5(6)4(9)2-7/h2-5,8-9H,6H2,1H3/t3-,4+,5-/m1/s1. The Morgan fingerprint density at radius 2 is 2.00 bits per heavy atom. The van der Waals surface area contributed by atoms with Crippen molar-refractivity contribution in [3.05, 3.63) is 0 Å². The highest BCUT2D eigenvalue weighted by atomic mass is 16.3. The number of carbonyl (C=O) groups excluding carboxylic acids is 1. The molecule has 0 aromatic carbocycles. The maximum absolute atomic E-state index is 9.81. The van der Waals surface area contributed by atoms with Crippen molar-refractivity contribution in [1.29, 1.82) is 0 Å². The molecule has 4 nitrogen and oxygen atoms in total. The third-order valence-electron chi connectivity index (χ3n) is 1.09. The third-order valence-corrected chi connectivity index (χ3v) is 1.09. The van der Waals surface area contributed by atoms with E-state index in [1.54, 1.807) is 0 Å². The van der Waals surface area contributed by atoms with Crippen molar-refractivity contribution in [2.75, 3.05) is 0 Å². The fourth-order valence-electron chi connectivity index (χ4n) is 0.376. The lowest BCUT2D eigenvalue weighted by Gasteiger charge is -2.15. The lowest BCUT2D eigenvalue weighted by atomic mass is 10.1. The van der Waals surface area contributed by atoms with E-state index in [1.165, 1.54) is 6.92 Å². The summed E-state index contributed by atoms with van der Waals surface area (Å²) in [5.74, 6) is 0. The van der Waals surface area contributed by atoms with Crippen molar-refractivity contribution >= 4 is 6.29 Å². The van der Waals surface area contributed by atoms with Gasteiger partial charge in [-0.05, 0) is 6.92 Å². The second-order valence-electron chi connectivity index (χ2n) is 1.94. The molecular formula is C5H11NO3. The molecule has 0 aliphatic rings. The van der Waals surface area contributed by atoms with Gasteiger partial charge in [0, 0.05) is 0 Å². The van der Waals surface area contributed by atoms with Gasteiger partial charge in [0.25, 0.3) is 0 Å². The number of carbonyl (C=O) groups is 1. The van der Waals surface area contributed by atoms with Gasteiger partial charge in [-0.15, -0.1) is 0 Å². The molecule has 0 radical (unpaired) electrons. The van der Waals surface area contributed by atoms with Crippen LogP contribution in [0.4, 0.5) is 0 Å². The summed E-state index contributed by atoms with van der Waals surface area (Å²) in [4.78, 5) is 9.81. The van der Waals surface area contributed by atoms with Crippen molar-refractivity contribution in [1.82, 2.24) is 0 Å². The Bertz CT molecular complexity index is 94.2. The Balaban J connectivity index is 3.71. The third kappa shape index (κ3) is 2.55.